The molecule has 1 N–H and O–H groups in total. The predicted molar refractivity (Wildman–Crippen MR) is 111 cm³/mol. The molecule has 1 aliphatic heterocycles. The molecule has 1 saturated heterocycles. The number of hydrogen-bond donors (Lipinski definition) is 1. The van der Waals surface area contributed by atoms with Gasteiger partial charge in [-0.15, -0.1) is 0 Å². The third-order valence-electron chi connectivity index (χ3n) is 6.03. The van der Waals surface area contributed by atoms with Crippen molar-refractivity contribution >= 4 is 10.0 Å². The number of nitrogens with one attached hydrogen (secondary N) is 1. The smallest absolute Gasteiger partial charge is 0.240 e. The second-order valence-electron chi connectivity index (χ2n) is 8.07. The molecule has 1 aromatic carbocycles. The van der Waals surface area contributed by atoms with Crippen LogP contribution in [-0.4, -0.2) is 37.9 Å². The van der Waals surface area contributed by atoms with Gasteiger partial charge in [-0.1, -0.05) is 12.1 Å². The molecular formula is C22H29N3O2S. The number of rotatable bonds is 6. The first-order valence-electron chi connectivity index (χ1n) is 10.3. The molecule has 0 atom stereocenters. The van der Waals surface area contributed by atoms with E-state index in [1.54, 1.807) is 12.3 Å². The van der Waals surface area contributed by atoms with E-state index in [0.29, 0.717) is 17.4 Å². The van der Waals surface area contributed by atoms with Crippen LogP contribution in [0.1, 0.15) is 42.4 Å². The summed E-state index contributed by atoms with van der Waals surface area (Å²) in [6.07, 6.45) is 10.2. The predicted octanol–water partition coefficient (Wildman–Crippen LogP) is 3.15. The van der Waals surface area contributed by atoms with Crippen LogP contribution >= 0.6 is 0 Å². The molecule has 6 heteroatoms. The van der Waals surface area contributed by atoms with Crippen LogP contribution in [-0.2, 0) is 29.4 Å². The van der Waals surface area contributed by atoms with E-state index >= 15 is 0 Å². The molecule has 0 unspecified atom stereocenters. The fourth-order valence-corrected chi connectivity index (χ4v) is 5.45. The second-order valence-corrected chi connectivity index (χ2v) is 9.84. The summed E-state index contributed by atoms with van der Waals surface area (Å²) < 4.78 is 28.3. The monoisotopic (exact) mass is 399 g/mol. The maximum absolute atomic E-state index is 12.7. The lowest BCUT2D eigenvalue weighted by Gasteiger charge is -2.32. The molecule has 4 rings (SSSR count). The van der Waals surface area contributed by atoms with Crippen LogP contribution < -0.4 is 4.72 Å². The Bertz CT molecular complexity index is 891. The zero-order chi connectivity index (χ0) is 19.4. The van der Waals surface area contributed by atoms with Crippen LogP contribution in [0.15, 0.2) is 47.6 Å². The standard InChI is InChI=1S/C22H29N3O2S/c26-28(27,22-8-7-20-5-1-2-6-21(20)14-22)24-16-18-9-12-25(13-10-18)17-19-4-3-11-23-15-19/h3-4,7-8,11,14-15,18,24H,1-2,5-6,9-10,12-13,16-17H2. The Hall–Kier alpha value is -1.76. The normalized spacial score (nSPS) is 18.7. The summed E-state index contributed by atoms with van der Waals surface area (Å²) in [5.41, 5.74) is 3.75. The molecule has 2 aliphatic rings. The number of fused-ring (bicyclic) bond motifs is 1. The summed E-state index contributed by atoms with van der Waals surface area (Å²) in [4.78, 5) is 7.01. The van der Waals surface area contributed by atoms with Gasteiger partial charge in [-0.05, 0) is 92.4 Å². The van der Waals surface area contributed by atoms with Crippen molar-refractivity contribution in [2.75, 3.05) is 19.6 Å². The van der Waals surface area contributed by atoms with Crippen molar-refractivity contribution in [3.63, 3.8) is 0 Å². The summed E-state index contributed by atoms with van der Waals surface area (Å²) in [6.45, 7) is 3.45. The van der Waals surface area contributed by atoms with Gasteiger partial charge in [0.1, 0.15) is 0 Å². The van der Waals surface area contributed by atoms with Gasteiger partial charge in [0.25, 0.3) is 0 Å². The summed E-state index contributed by atoms with van der Waals surface area (Å²) >= 11 is 0. The molecular weight excluding hydrogens is 370 g/mol. The quantitative estimate of drug-likeness (QED) is 0.811. The number of aromatic nitrogens is 1. The van der Waals surface area contributed by atoms with Crippen LogP contribution in [0.2, 0.25) is 0 Å². The molecule has 0 saturated carbocycles. The van der Waals surface area contributed by atoms with E-state index in [1.807, 2.05) is 24.4 Å². The number of likely N-dealkylation sites (tertiary alicyclic amines) is 1. The maximum Gasteiger partial charge on any atom is 0.240 e. The average molecular weight is 400 g/mol. The Balaban J connectivity index is 1.29. The van der Waals surface area contributed by atoms with Crippen LogP contribution in [0.5, 0.6) is 0 Å². The van der Waals surface area contributed by atoms with Gasteiger partial charge in [-0.2, -0.15) is 0 Å². The molecule has 28 heavy (non-hydrogen) atoms. The molecule has 0 amide bonds. The molecule has 1 aliphatic carbocycles. The first-order chi connectivity index (χ1) is 13.6. The van der Waals surface area contributed by atoms with Crippen molar-refractivity contribution in [3.05, 3.63) is 59.4 Å². The van der Waals surface area contributed by atoms with Crippen LogP contribution in [0.4, 0.5) is 0 Å². The van der Waals surface area contributed by atoms with Gasteiger partial charge in [0, 0.05) is 25.5 Å². The van der Waals surface area contributed by atoms with Crippen molar-refractivity contribution < 1.29 is 8.42 Å². The van der Waals surface area contributed by atoms with Crippen molar-refractivity contribution in [2.45, 2.75) is 50.0 Å². The summed E-state index contributed by atoms with van der Waals surface area (Å²) in [5.74, 6) is 0.401. The van der Waals surface area contributed by atoms with Gasteiger partial charge < -0.3 is 0 Å². The number of piperidine rings is 1. The number of aryl methyl sites for hydroxylation is 2. The van der Waals surface area contributed by atoms with Crippen molar-refractivity contribution in [1.82, 2.24) is 14.6 Å². The first-order valence-corrected chi connectivity index (χ1v) is 11.8. The Labute approximate surface area is 168 Å². The highest BCUT2D eigenvalue weighted by atomic mass is 32.2. The Morgan fingerprint density at radius 1 is 1.07 bits per heavy atom. The second kappa shape index (κ2) is 8.72. The number of nitrogens with zero attached hydrogens (tertiary/aromatic N) is 2. The number of sulfonamides is 1. The van der Waals surface area contributed by atoms with E-state index in [2.05, 4.69) is 20.7 Å². The lowest BCUT2D eigenvalue weighted by Crippen LogP contribution is -2.38. The zero-order valence-corrected chi connectivity index (χ0v) is 17.1. The molecule has 2 heterocycles. The summed E-state index contributed by atoms with van der Waals surface area (Å²) in [5, 5.41) is 0. The van der Waals surface area contributed by atoms with Gasteiger partial charge in [-0.3, -0.25) is 9.88 Å². The number of benzene rings is 1. The van der Waals surface area contributed by atoms with Gasteiger partial charge >= 0.3 is 0 Å². The van der Waals surface area contributed by atoms with Crippen LogP contribution in [0, 0.1) is 5.92 Å². The van der Waals surface area contributed by atoms with Crippen LogP contribution in [0.3, 0.4) is 0 Å². The molecule has 150 valence electrons. The van der Waals surface area contributed by atoms with E-state index in [1.165, 1.54) is 23.1 Å². The fraction of sp³-hybridized carbons (Fsp3) is 0.500. The van der Waals surface area contributed by atoms with Crippen molar-refractivity contribution in [1.29, 1.82) is 0 Å². The zero-order valence-electron chi connectivity index (χ0n) is 16.3. The van der Waals surface area contributed by atoms with Crippen LogP contribution in [0.25, 0.3) is 0 Å². The van der Waals surface area contributed by atoms with Crippen molar-refractivity contribution in [3.8, 4) is 0 Å². The largest absolute Gasteiger partial charge is 0.299 e. The van der Waals surface area contributed by atoms with E-state index in [0.717, 1.165) is 51.7 Å². The average Bonchev–Trinajstić information content (AvgIpc) is 2.74. The van der Waals surface area contributed by atoms with E-state index < -0.39 is 10.0 Å². The lowest BCUT2D eigenvalue weighted by molar-refractivity contribution is 0.178. The van der Waals surface area contributed by atoms with Gasteiger partial charge in [0.2, 0.25) is 10.0 Å². The minimum atomic E-state index is -3.43. The molecule has 0 bridgehead atoms. The van der Waals surface area contributed by atoms with Crippen molar-refractivity contribution in [2.24, 2.45) is 5.92 Å². The van der Waals surface area contributed by atoms with E-state index in [-0.39, 0.29) is 0 Å². The van der Waals surface area contributed by atoms with Gasteiger partial charge in [0.05, 0.1) is 4.90 Å². The topological polar surface area (TPSA) is 62.3 Å². The molecule has 0 spiro atoms. The summed E-state index contributed by atoms with van der Waals surface area (Å²) in [6, 6.07) is 9.72. The third kappa shape index (κ3) is 4.80. The van der Waals surface area contributed by atoms with E-state index in [9.17, 15) is 8.42 Å². The van der Waals surface area contributed by atoms with Gasteiger partial charge in [0.15, 0.2) is 0 Å². The number of hydrogen-bond acceptors (Lipinski definition) is 4. The van der Waals surface area contributed by atoms with E-state index in [4.69, 9.17) is 0 Å². The molecule has 0 radical (unpaired) electrons. The fourth-order valence-electron chi connectivity index (χ4n) is 4.29. The highest BCUT2D eigenvalue weighted by molar-refractivity contribution is 7.89. The Morgan fingerprint density at radius 3 is 2.61 bits per heavy atom. The first kappa shape index (κ1) is 19.6. The molecule has 2 aromatic rings. The minimum absolute atomic E-state index is 0.401. The molecule has 1 aromatic heterocycles. The highest BCUT2D eigenvalue weighted by Crippen LogP contribution is 2.24. The lowest BCUT2D eigenvalue weighted by atomic mass is 9.92. The SMILES string of the molecule is O=S(=O)(NCC1CCN(Cc2cccnc2)CC1)c1ccc2c(c1)CCCC2. The highest BCUT2D eigenvalue weighted by Gasteiger charge is 2.23. The number of pyridine rings is 1. The minimum Gasteiger partial charge on any atom is -0.299 e. The third-order valence-corrected chi connectivity index (χ3v) is 7.45. The Kier molecular flexibility index (Phi) is 6.09. The maximum atomic E-state index is 12.7. The Morgan fingerprint density at radius 2 is 1.86 bits per heavy atom. The molecule has 5 nitrogen and oxygen atoms in total. The summed E-state index contributed by atoms with van der Waals surface area (Å²) in [7, 11) is -3.43. The van der Waals surface area contributed by atoms with Gasteiger partial charge in [-0.25, -0.2) is 13.1 Å². The molecule has 1 fully saturated rings.